The molecular formula is C64H44. The highest BCUT2D eigenvalue weighted by Gasteiger charge is 2.54. The highest BCUT2D eigenvalue weighted by atomic mass is 14.6. The lowest BCUT2D eigenvalue weighted by atomic mass is 9.69. The zero-order chi connectivity index (χ0) is 42.4. The summed E-state index contributed by atoms with van der Waals surface area (Å²) >= 11 is 0. The summed E-state index contributed by atoms with van der Waals surface area (Å²) < 4.78 is 0. The Kier molecular flexibility index (Phi) is 6.51. The molecule has 0 fully saturated rings. The summed E-state index contributed by atoms with van der Waals surface area (Å²) in [5.41, 5.74) is 24.0. The van der Waals surface area contributed by atoms with E-state index in [4.69, 9.17) is 0 Å². The molecule has 2 unspecified atom stereocenters. The van der Waals surface area contributed by atoms with Crippen molar-refractivity contribution in [2.75, 3.05) is 0 Å². The molecule has 0 saturated heterocycles. The fraction of sp³-hybridized carbons (Fsp3) is 0.125. The van der Waals surface area contributed by atoms with Crippen LogP contribution in [0.3, 0.4) is 0 Å². The van der Waals surface area contributed by atoms with Crippen LogP contribution in [0.25, 0.3) is 87.6 Å². The van der Waals surface area contributed by atoms with E-state index in [2.05, 4.69) is 210 Å². The molecule has 0 saturated carbocycles. The van der Waals surface area contributed by atoms with Crippen LogP contribution in [-0.2, 0) is 10.8 Å². The minimum absolute atomic E-state index is 0.422. The van der Waals surface area contributed by atoms with Crippen molar-refractivity contribution in [2.24, 2.45) is 0 Å². The van der Waals surface area contributed by atoms with Crippen molar-refractivity contribution in [1.82, 2.24) is 0 Å². The van der Waals surface area contributed by atoms with Crippen LogP contribution in [0.5, 0.6) is 0 Å². The van der Waals surface area contributed by atoms with Gasteiger partial charge in [0.05, 0.1) is 10.8 Å². The first kappa shape index (κ1) is 35.2. The number of benzene rings is 11. The maximum atomic E-state index is 2.65. The molecule has 0 heteroatoms. The van der Waals surface area contributed by atoms with E-state index < -0.39 is 10.8 Å². The Balaban J connectivity index is 1.12. The summed E-state index contributed by atoms with van der Waals surface area (Å²) in [6.45, 7) is 9.31. The van der Waals surface area contributed by atoms with Crippen molar-refractivity contribution < 1.29 is 0 Å². The number of fused-ring (bicyclic) bond motifs is 24. The Morgan fingerprint density at radius 2 is 0.609 bits per heavy atom. The van der Waals surface area contributed by atoms with Crippen LogP contribution >= 0.6 is 0 Å². The second-order valence-corrected chi connectivity index (χ2v) is 19.8. The zero-order valence-corrected chi connectivity index (χ0v) is 36.5. The lowest BCUT2D eigenvalue weighted by molar-refractivity contribution is 0.785. The molecule has 0 amide bonds. The van der Waals surface area contributed by atoms with Crippen LogP contribution in [0.15, 0.2) is 182 Å². The smallest absolute Gasteiger partial charge is 0.0619 e. The normalized spacial score (nSPS) is 18.1. The molecule has 0 heterocycles. The molecule has 0 nitrogen and oxygen atoms in total. The van der Waals surface area contributed by atoms with E-state index in [0.717, 1.165) is 0 Å². The highest BCUT2D eigenvalue weighted by molar-refractivity contribution is 6.36. The number of hydrogen-bond donors (Lipinski definition) is 0. The number of rotatable bonds is 2. The van der Waals surface area contributed by atoms with Crippen LogP contribution in [-0.4, -0.2) is 0 Å². The Morgan fingerprint density at radius 1 is 0.266 bits per heavy atom. The Hall–Kier alpha value is -7.28. The maximum Gasteiger partial charge on any atom is 0.0726 e. The van der Waals surface area contributed by atoms with Gasteiger partial charge in [0.25, 0.3) is 0 Å². The Bertz CT molecular complexity index is 3660. The summed E-state index contributed by atoms with van der Waals surface area (Å²) in [7, 11) is 0. The summed E-state index contributed by atoms with van der Waals surface area (Å²) in [6.07, 6.45) is 0. The molecule has 0 aromatic heterocycles. The minimum Gasteiger partial charge on any atom is -0.0619 e. The van der Waals surface area contributed by atoms with Crippen molar-refractivity contribution in [2.45, 2.75) is 50.4 Å². The Labute approximate surface area is 373 Å². The molecule has 11 aromatic carbocycles. The van der Waals surface area contributed by atoms with E-state index in [1.165, 1.54) is 143 Å². The van der Waals surface area contributed by atoms with Crippen molar-refractivity contribution in [3.05, 3.63) is 238 Å². The predicted molar refractivity (Wildman–Crippen MR) is 268 cm³/mol. The largest absolute Gasteiger partial charge is 0.0726 e. The molecule has 4 aliphatic carbocycles. The van der Waals surface area contributed by atoms with Gasteiger partial charge in [0, 0.05) is 0 Å². The monoisotopic (exact) mass is 812 g/mol. The van der Waals surface area contributed by atoms with Crippen LogP contribution in [0, 0.1) is 0 Å². The summed E-state index contributed by atoms with van der Waals surface area (Å²) in [5.74, 6) is 0.845. The van der Waals surface area contributed by atoms with E-state index in [1.807, 2.05) is 0 Å². The van der Waals surface area contributed by atoms with Crippen molar-refractivity contribution in [3.8, 4) is 44.5 Å². The number of hydrogen-bond acceptors (Lipinski definition) is 0. The molecule has 0 bridgehead atoms. The van der Waals surface area contributed by atoms with E-state index in [-0.39, 0.29) is 0 Å². The van der Waals surface area contributed by atoms with Gasteiger partial charge in [-0.05, 0) is 167 Å². The topological polar surface area (TPSA) is 0 Å². The van der Waals surface area contributed by atoms with Crippen molar-refractivity contribution in [3.63, 3.8) is 0 Å². The minimum atomic E-state index is -0.432. The third-order valence-electron chi connectivity index (χ3n) is 16.4. The molecule has 2 atom stereocenters. The maximum absolute atomic E-state index is 2.65. The second kappa shape index (κ2) is 11.8. The third-order valence-corrected chi connectivity index (χ3v) is 16.4. The molecular weight excluding hydrogens is 769 g/mol. The molecule has 300 valence electrons. The van der Waals surface area contributed by atoms with E-state index in [0.29, 0.717) is 11.8 Å². The average molecular weight is 813 g/mol. The van der Waals surface area contributed by atoms with Gasteiger partial charge in [0.2, 0.25) is 0 Å². The van der Waals surface area contributed by atoms with Gasteiger partial charge in [-0.15, -0.1) is 0 Å². The van der Waals surface area contributed by atoms with E-state index >= 15 is 0 Å². The van der Waals surface area contributed by atoms with Crippen molar-refractivity contribution in [1.29, 1.82) is 0 Å². The molecule has 0 radical (unpaired) electrons. The summed E-state index contributed by atoms with van der Waals surface area (Å²) in [5, 5.41) is 10.8. The fourth-order valence-electron chi connectivity index (χ4n) is 13.8. The van der Waals surface area contributed by atoms with Gasteiger partial charge in [-0.1, -0.05) is 198 Å². The van der Waals surface area contributed by atoms with E-state index in [9.17, 15) is 0 Å². The van der Waals surface area contributed by atoms with Gasteiger partial charge in [0.15, 0.2) is 0 Å². The van der Waals surface area contributed by atoms with Crippen molar-refractivity contribution >= 4 is 43.1 Å². The first-order chi connectivity index (χ1) is 31.4. The molecule has 11 aromatic rings. The second-order valence-electron chi connectivity index (χ2n) is 19.8. The quantitative estimate of drug-likeness (QED) is 0.120. The lowest BCUT2D eigenvalue weighted by Crippen LogP contribution is -2.26. The lowest BCUT2D eigenvalue weighted by Gasteiger charge is -2.32. The zero-order valence-electron chi connectivity index (χ0n) is 36.5. The SMILES string of the molecule is CC(C)c1ccc2c(c1)C1(c3ccccc3-2)c2ccccc2-c2c1cc1c3cccc4c5c(cc(c6cccc2c61)c43)C1(c2ccccc2-c2ccc(C(C)C)cc21)c1ccccc1-5. The van der Waals surface area contributed by atoms with E-state index in [1.54, 1.807) is 0 Å². The van der Waals surface area contributed by atoms with Gasteiger partial charge in [0.1, 0.15) is 0 Å². The standard InChI is InChI=1S/C64H44/c1-35(2)37-27-29-41-39-15-5-9-23-51(39)63(55(41)31-37)53-25-11-7-17-45(53)61-47-21-13-20-44-50-34-58-62(48-22-14-19-43(60(48)50)49(59(44)47)33-57(61)63)46-18-8-12-26-54(46)64(58)52-24-10-6-16-40(52)42-30-28-38(36(3)4)32-56(42)64/h5-36H,1-4H3. The highest BCUT2D eigenvalue weighted by Crippen LogP contribution is 2.67. The Morgan fingerprint density at radius 3 is 1.02 bits per heavy atom. The van der Waals surface area contributed by atoms with Crippen LogP contribution in [0.4, 0.5) is 0 Å². The van der Waals surface area contributed by atoms with Crippen LogP contribution in [0.2, 0.25) is 0 Å². The third kappa shape index (κ3) is 3.84. The van der Waals surface area contributed by atoms with Gasteiger partial charge in [-0.25, -0.2) is 0 Å². The van der Waals surface area contributed by atoms with Crippen LogP contribution in [0.1, 0.15) is 95.2 Å². The average Bonchev–Trinajstić information content (AvgIpc) is 4.01. The van der Waals surface area contributed by atoms with Crippen LogP contribution < -0.4 is 0 Å². The molecule has 64 heavy (non-hydrogen) atoms. The molecule has 4 aliphatic rings. The molecule has 0 aliphatic heterocycles. The van der Waals surface area contributed by atoms with Gasteiger partial charge < -0.3 is 0 Å². The molecule has 15 rings (SSSR count). The molecule has 0 N–H and O–H groups in total. The first-order valence-corrected chi connectivity index (χ1v) is 23.3. The fourth-order valence-corrected chi connectivity index (χ4v) is 13.8. The van der Waals surface area contributed by atoms with Gasteiger partial charge in [-0.2, -0.15) is 0 Å². The van der Waals surface area contributed by atoms with Gasteiger partial charge in [-0.3, -0.25) is 0 Å². The molecule has 2 spiro atoms. The first-order valence-electron chi connectivity index (χ1n) is 23.3. The predicted octanol–water partition coefficient (Wildman–Crippen LogP) is 16.7. The van der Waals surface area contributed by atoms with Gasteiger partial charge >= 0.3 is 0 Å². The summed E-state index contributed by atoms with van der Waals surface area (Å²) in [6, 6.07) is 71.5. The summed E-state index contributed by atoms with van der Waals surface area (Å²) in [4.78, 5) is 0.